The zero-order valence-corrected chi connectivity index (χ0v) is 11.5. The molecule has 1 amide bonds. The number of aryl methyl sites for hydroxylation is 1. The van der Waals surface area contributed by atoms with Crippen LogP contribution in [0.2, 0.25) is 0 Å². The Morgan fingerprint density at radius 2 is 2.05 bits per heavy atom. The second kappa shape index (κ2) is 6.32. The number of aromatic nitrogens is 1. The predicted octanol–water partition coefficient (Wildman–Crippen LogP) is 1.11. The molecule has 0 bridgehead atoms. The van der Waals surface area contributed by atoms with Crippen LogP contribution in [0.25, 0.3) is 10.9 Å². The molecule has 1 atom stereocenters. The lowest BCUT2D eigenvalue weighted by molar-refractivity contribution is -0.146. The summed E-state index contributed by atoms with van der Waals surface area (Å²) in [6.07, 6.45) is -1.51. The summed E-state index contributed by atoms with van der Waals surface area (Å²) in [5.41, 5.74) is 1.94. The molecular formula is C15H16N2O4. The zero-order valence-electron chi connectivity index (χ0n) is 11.5. The Morgan fingerprint density at radius 1 is 1.33 bits per heavy atom. The summed E-state index contributed by atoms with van der Waals surface area (Å²) in [4.78, 5) is 27.0. The van der Waals surface area contributed by atoms with E-state index >= 15 is 0 Å². The fourth-order valence-corrected chi connectivity index (χ4v) is 2.04. The summed E-state index contributed by atoms with van der Waals surface area (Å²) < 4.78 is 0. The molecule has 0 fully saturated rings. The van der Waals surface area contributed by atoms with Gasteiger partial charge in [0.2, 0.25) is 0 Å². The number of aliphatic hydroxyl groups is 1. The van der Waals surface area contributed by atoms with Crippen molar-refractivity contribution in [1.29, 1.82) is 0 Å². The third-order valence-electron chi connectivity index (χ3n) is 3.08. The number of aliphatic hydroxyl groups excluding tert-OH is 1. The number of carbonyl (C=O) groups is 2. The molecule has 0 aliphatic rings. The van der Waals surface area contributed by atoms with Gasteiger partial charge in [0.25, 0.3) is 5.91 Å². The largest absolute Gasteiger partial charge is 0.479 e. The second-order valence-electron chi connectivity index (χ2n) is 4.73. The number of hydrogen-bond acceptors (Lipinski definition) is 4. The smallest absolute Gasteiger partial charge is 0.332 e. The summed E-state index contributed by atoms with van der Waals surface area (Å²) >= 11 is 0. The molecule has 2 rings (SSSR count). The Kier molecular flexibility index (Phi) is 4.49. The van der Waals surface area contributed by atoms with Gasteiger partial charge in [0.05, 0.1) is 11.1 Å². The number of carbonyl (C=O) groups excluding carboxylic acids is 1. The van der Waals surface area contributed by atoms with E-state index in [-0.39, 0.29) is 18.9 Å². The minimum absolute atomic E-state index is 0.0386. The van der Waals surface area contributed by atoms with Crippen molar-refractivity contribution in [3.05, 3.63) is 41.6 Å². The van der Waals surface area contributed by atoms with Crippen LogP contribution in [-0.4, -0.2) is 39.7 Å². The Bertz CT molecular complexity index is 684. The lowest BCUT2D eigenvalue weighted by Gasteiger charge is -2.10. The number of fused-ring (bicyclic) bond motifs is 1. The number of benzene rings is 1. The molecule has 0 saturated heterocycles. The highest BCUT2D eigenvalue weighted by Crippen LogP contribution is 2.18. The van der Waals surface area contributed by atoms with Crippen molar-refractivity contribution >= 4 is 22.8 Å². The van der Waals surface area contributed by atoms with Gasteiger partial charge < -0.3 is 15.5 Å². The van der Waals surface area contributed by atoms with E-state index in [1.54, 1.807) is 13.0 Å². The highest BCUT2D eigenvalue weighted by molar-refractivity contribution is 6.06. The molecule has 0 spiro atoms. The number of hydrogen-bond donors (Lipinski definition) is 3. The Balaban J connectivity index is 2.14. The number of rotatable bonds is 5. The molecule has 0 saturated carbocycles. The molecule has 110 valence electrons. The van der Waals surface area contributed by atoms with Crippen LogP contribution in [0, 0.1) is 6.92 Å². The van der Waals surface area contributed by atoms with Crippen molar-refractivity contribution in [2.45, 2.75) is 19.4 Å². The SMILES string of the molecule is Cc1cc(C(=O)NCCC(O)C(=O)O)c2ccccc2n1. The Morgan fingerprint density at radius 3 is 2.76 bits per heavy atom. The maximum Gasteiger partial charge on any atom is 0.332 e. The average Bonchev–Trinajstić information content (AvgIpc) is 2.45. The summed E-state index contributed by atoms with van der Waals surface area (Å²) in [7, 11) is 0. The molecule has 1 unspecified atom stereocenters. The van der Waals surface area contributed by atoms with E-state index in [1.807, 2.05) is 24.3 Å². The van der Waals surface area contributed by atoms with Gasteiger partial charge in [0, 0.05) is 24.0 Å². The Hall–Kier alpha value is -2.47. The molecule has 1 aromatic heterocycles. The standard InChI is InChI=1S/C15H16N2O4/c1-9-8-11(10-4-2-3-5-12(10)17-9)14(19)16-7-6-13(18)15(20)21/h2-5,8,13,18H,6-7H2,1H3,(H,16,19)(H,20,21). The van der Waals surface area contributed by atoms with Gasteiger partial charge in [-0.25, -0.2) is 4.79 Å². The van der Waals surface area contributed by atoms with E-state index in [2.05, 4.69) is 10.3 Å². The van der Waals surface area contributed by atoms with Crippen molar-refractivity contribution in [3.8, 4) is 0 Å². The number of nitrogens with zero attached hydrogens (tertiary/aromatic N) is 1. The first kappa shape index (κ1) is 14.9. The first-order chi connectivity index (χ1) is 9.99. The number of carboxylic acids is 1. The molecular weight excluding hydrogens is 272 g/mol. The highest BCUT2D eigenvalue weighted by atomic mass is 16.4. The maximum absolute atomic E-state index is 12.2. The molecule has 1 aromatic carbocycles. The van der Waals surface area contributed by atoms with E-state index in [9.17, 15) is 9.59 Å². The monoisotopic (exact) mass is 288 g/mol. The van der Waals surface area contributed by atoms with Crippen LogP contribution >= 0.6 is 0 Å². The quantitative estimate of drug-likeness (QED) is 0.765. The van der Waals surface area contributed by atoms with Crippen LogP contribution in [0.5, 0.6) is 0 Å². The predicted molar refractivity (Wildman–Crippen MR) is 77.1 cm³/mol. The van der Waals surface area contributed by atoms with Crippen molar-refractivity contribution in [3.63, 3.8) is 0 Å². The molecule has 6 nitrogen and oxygen atoms in total. The van der Waals surface area contributed by atoms with Gasteiger partial charge in [-0.15, -0.1) is 0 Å². The third-order valence-corrected chi connectivity index (χ3v) is 3.08. The van der Waals surface area contributed by atoms with E-state index in [1.165, 1.54) is 0 Å². The van der Waals surface area contributed by atoms with Gasteiger partial charge in [0.15, 0.2) is 6.10 Å². The molecule has 2 aromatic rings. The molecule has 3 N–H and O–H groups in total. The molecule has 21 heavy (non-hydrogen) atoms. The average molecular weight is 288 g/mol. The van der Waals surface area contributed by atoms with Gasteiger partial charge in [-0.05, 0) is 19.1 Å². The minimum atomic E-state index is -1.47. The van der Waals surface area contributed by atoms with E-state index in [0.29, 0.717) is 5.56 Å². The molecule has 0 aliphatic carbocycles. The first-order valence-electron chi connectivity index (χ1n) is 6.54. The van der Waals surface area contributed by atoms with Crippen molar-refractivity contribution in [2.24, 2.45) is 0 Å². The minimum Gasteiger partial charge on any atom is -0.479 e. The van der Waals surface area contributed by atoms with Crippen molar-refractivity contribution < 1.29 is 19.8 Å². The van der Waals surface area contributed by atoms with Crippen molar-refractivity contribution in [1.82, 2.24) is 10.3 Å². The number of nitrogens with one attached hydrogen (secondary N) is 1. The van der Waals surface area contributed by atoms with Gasteiger partial charge in [-0.1, -0.05) is 18.2 Å². The zero-order chi connectivity index (χ0) is 15.4. The number of carboxylic acid groups (broad SMARTS) is 1. The summed E-state index contributed by atoms with van der Waals surface area (Å²) in [6.45, 7) is 1.89. The van der Waals surface area contributed by atoms with Gasteiger partial charge in [-0.2, -0.15) is 0 Å². The molecule has 6 heteroatoms. The summed E-state index contributed by atoms with van der Waals surface area (Å²) in [6, 6.07) is 8.99. The van der Waals surface area contributed by atoms with Crippen LogP contribution in [0.15, 0.2) is 30.3 Å². The number of para-hydroxylation sites is 1. The topological polar surface area (TPSA) is 99.5 Å². The molecule has 0 radical (unpaired) electrons. The third kappa shape index (κ3) is 3.55. The molecule has 0 aliphatic heterocycles. The number of pyridine rings is 1. The van der Waals surface area contributed by atoms with E-state index < -0.39 is 12.1 Å². The highest BCUT2D eigenvalue weighted by Gasteiger charge is 2.15. The number of aliphatic carboxylic acids is 1. The van der Waals surface area contributed by atoms with Crippen LogP contribution in [-0.2, 0) is 4.79 Å². The summed E-state index contributed by atoms with van der Waals surface area (Å²) in [5, 5.41) is 21.1. The van der Waals surface area contributed by atoms with Crippen LogP contribution in [0.1, 0.15) is 22.5 Å². The van der Waals surface area contributed by atoms with E-state index in [4.69, 9.17) is 10.2 Å². The molecule has 1 heterocycles. The van der Waals surface area contributed by atoms with Gasteiger partial charge in [0.1, 0.15) is 0 Å². The fourth-order valence-electron chi connectivity index (χ4n) is 2.04. The van der Waals surface area contributed by atoms with Crippen LogP contribution < -0.4 is 5.32 Å². The van der Waals surface area contributed by atoms with E-state index in [0.717, 1.165) is 16.6 Å². The van der Waals surface area contributed by atoms with Gasteiger partial charge in [-0.3, -0.25) is 9.78 Å². The maximum atomic E-state index is 12.2. The van der Waals surface area contributed by atoms with Crippen LogP contribution in [0.4, 0.5) is 0 Å². The second-order valence-corrected chi connectivity index (χ2v) is 4.73. The van der Waals surface area contributed by atoms with Crippen molar-refractivity contribution in [2.75, 3.05) is 6.54 Å². The normalized spacial score (nSPS) is 12.1. The fraction of sp³-hybridized carbons (Fsp3) is 0.267. The Labute approximate surface area is 121 Å². The van der Waals surface area contributed by atoms with Gasteiger partial charge >= 0.3 is 5.97 Å². The number of amides is 1. The van der Waals surface area contributed by atoms with Crippen LogP contribution in [0.3, 0.4) is 0 Å². The summed E-state index contributed by atoms with van der Waals surface area (Å²) in [5.74, 6) is -1.61. The lowest BCUT2D eigenvalue weighted by Crippen LogP contribution is -2.30. The lowest BCUT2D eigenvalue weighted by atomic mass is 10.1. The first-order valence-corrected chi connectivity index (χ1v) is 6.54.